The minimum absolute atomic E-state index is 0.569. The summed E-state index contributed by atoms with van der Waals surface area (Å²) in [7, 11) is 0. The van der Waals surface area contributed by atoms with Crippen molar-refractivity contribution in [1.29, 1.82) is 0 Å². The lowest BCUT2D eigenvalue weighted by molar-refractivity contribution is 0.295. The van der Waals surface area contributed by atoms with E-state index in [0.29, 0.717) is 18.3 Å². The fraction of sp³-hybridized carbons (Fsp3) is 0.500. The topological polar surface area (TPSA) is 66.0 Å². The van der Waals surface area contributed by atoms with Crippen LogP contribution in [0.2, 0.25) is 0 Å². The van der Waals surface area contributed by atoms with Gasteiger partial charge in [0.05, 0.1) is 12.3 Å². The van der Waals surface area contributed by atoms with E-state index in [1.54, 1.807) is 0 Å². The fourth-order valence-electron chi connectivity index (χ4n) is 2.53. The van der Waals surface area contributed by atoms with Crippen molar-refractivity contribution in [1.82, 2.24) is 15.0 Å². The van der Waals surface area contributed by atoms with E-state index in [2.05, 4.69) is 42.4 Å². The third-order valence-corrected chi connectivity index (χ3v) is 3.88. The molecule has 2 N–H and O–H groups in total. The van der Waals surface area contributed by atoms with E-state index >= 15 is 0 Å². The number of aromatic nitrogens is 3. The van der Waals surface area contributed by atoms with Crippen LogP contribution in [0.1, 0.15) is 42.0 Å². The number of nitrogens with two attached hydrogens (primary N) is 1. The summed E-state index contributed by atoms with van der Waals surface area (Å²) in [6, 6.07) is 6.27. The molecule has 0 saturated heterocycles. The molecule has 1 heterocycles. The number of hydrogen-bond donors (Lipinski definition) is 1. The Morgan fingerprint density at radius 1 is 1.33 bits per heavy atom. The monoisotopic (exact) mass is 286 g/mol. The predicted molar refractivity (Wildman–Crippen MR) is 82.4 cm³/mol. The highest BCUT2D eigenvalue weighted by molar-refractivity contribution is 5.38. The van der Waals surface area contributed by atoms with Crippen molar-refractivity contribution in [2.75, 3.05) is 12.3 Å². The van der Waals surface area contributed by atoms with E-state index in [1.165, 1.54) is 24.0 Å². The molecule has 0 amide bonds. The van der Waals surface area contributed by atoms with Crippen LogP contribution in [0.3, 0.4) is 0 Å². The van der Waals surface area contributed by atoms with Crippen LogP contribution < -0.4 is 10.5 Å². The van der Waals surface area contributed by atoms with Gasteiger partial charge in [-0.15, -0.1) is 5.10 Å². The highest BCUT2D eigenvalue weighted by atomic mass is 16.5. The minimum atomic E-state index is 0.569. The Morgan fingerprint density at radius 3 is 2.90 bits per heavy atom. The Labute approximate surface area is 125 Å². The van der Waals surface area contributed by atoms with Crippen molar-refractivity contribution in [2.45, 2.75) is 45.6 Å². The molecule has 1 aliphatic rings. The standard InChI is InChI=1S/C16H22N4O/c1-11-4-5-12(2)14(10-11)21-9-3-8-20-15(13-6-7-13)16(17)18-19-20/h4-5,10,13H,3,6-9,17H2,1-2H3. The van der Waals surface area contributed by atoms with Crippen LogP contribution in [0.15, 0.2) is 18.2 Å². The SMILES string of the molecule is Cc1ccc(C)c(OCCCn2nnc(N)c2C2CC2)c1. The Bertz CT molecular complexity index is 631. The summed E-state index contributed by atoms with van der Waals surface area (Å²) in [5.41, 5.74) is 9.39. The molecule has 5 heteroatoms. The van der Waals surface area contributed by atoms with E-state index in [9.17, 15) is 0 Å². The van der Waals surface area contributed by atoms with Gasteiger partial charge in [0.15, 0.2) is 5.82 Å². The Hall–Kier alpha value is -2.04. The van der Waals surface area contributed by atoms with Gasteiger partial charge in [-0.25, -0.2) is 4.68 Å². The largest absolute Gasteiger partial charge is 0.493 e. The first kappa shape index (κ1) is 13.9. The molecular formula is C16H22N4O. The molecule has 1 aromatic heterocycles. The van der Waals surface area contributed by atoms with Gasteiger partial charge in [0.25, 0.3) is 0 Å². The predicted octanol–water partition coefficient (Wildman–Crippen LogP) is 2.82. The molecule has 1 saturated carbocycles. The van der Waals surface area contributed by atoms with Crippen LogP contribution in [0.25, 0.3) is 0 Å². The zero-order valence-electron chi connectivity index (χ0n) is 12.7. The second-order valence-corrected chi connectivity index (χ2v) is 5.83. The first-order valence-corrected chi connectivity index (χ1v) is 7.54. The maximum absolute atomic E-state index is 5.89. The van der Waals surface area contributed by atoms with E-state index in [1.807, 2.05) is 4.68 Å². The van der Waals surface area contributed by atoms with Crippen LogP contribution in [-0.4, -0.2) is 21.6 Å². The lowest BCUT2D eigenvalue weighted by Crippen LogP contribution is -2.09. The molecule has 2 aromatic rings. The molecule has 112 valence electrons. The molecule has 1 aliphatic carbocycles. The molecule has 3 rings (SSSR count). The smallest absolute Gasteiger partial charge is 0.169 e. The fourth-order valence-corrected chi connectivity index (χ4v) is 2.53. The molecule has 0 bridgehead atoms. The van der Waals surface area contributed by atoms with Crippen LogP contribution in [0, 0.1) is 13.8 Å². The maximum Gasteiger partial charge on any atom is 0.169 e. The quantitative estimate of drug-likeness (QED) is 0.829. The summed E-state index contributed by atoms with van der Waals surface area (Å²) in [6.07, 6.45) is 3.31. The van der Waals surface area contributed by atoms with Gasteiger partial charge in [-0.3, -0.25) is 0 Å². The molecule has 5 nitrogen and oxygen atoms in total. The Morgan fingerprint density at radius 2 is 2.14 bits per heavy atom. The molecule has 0 aliphatic heterocycles. The molecule has 0 radical (unpaired) electrons. The van der Waals surface area contributed by atoms with Gasteiger partial charge in [-0.05, 0) is 43.9 Å². The zero-order chi connectivity index (χ0) is 14.8. The molecule has 1 aromatic carbocycles. The van der Waals surface area contributed by atoms with Gasteiger partial charge in [0, 0.05) is 18.9 Å². The number of nitrogen functional groups attached to an aromatic ring is 1. The van der Waals surface area contributed by atoms with Crippen LogP contribution in [-0.2, 0) is 6.54 Å². The van der Waals surface area contributed by atoms with Gasteiger partial charge in [-0.1, -0.05) is 17.3 Å². The molecule has 0 atom stereocenters. The highest BCUT2D eigenvalue weighted by Gasteiger charge is 2.30. The normalized spacial score (nSPS) is 14.4. The third kappa shape index (κ3) is 3.17. The maximum atomic E-state index is 5.89. The first-order valence-electron chi connectivity index (χ1n) is 7.54. The lowest BCUT2D eigenvalue weighted by Gasteiger charge is -2.10. The van der Waals surface area contributed by atoms with Crippen LogP contribution >= 0.6 is 0 Å². The van der Waals surface area contributed by atoms with E-state index in [-0.39, 0.29) is 0 Å². The lowest BCUT2D eigenvalue weighted by atomic mass is 10.1. The number of rotatable bonds is 6. The molecular weight excluding hydrogens is 264 g/mol. The molecule has 0 spiro atoms. The van der Waals surface area contributed by atoms with E-state index in [4.69, 9.17) is 10.5 Å². The summed E-state index contributed by atoms with van der Waals surface area (Å²) in [6.45, 7) is 5.62. The summed E-state index contributed by atoms with van der Waals surface area (Å²) in [5.74, 6) is 2.13. The van der Waals surface area contributed by atoms with Crippen LogP contribution in [0.4, 0.5) is 5.82 Å². The van der Waals surface area contributed by atoms with Crippen molar-refractivity contribution in [2.24, 2.45) is 0 Å². The number of nitrogens with zero attached hydrogens (tertiary/aromatic N) is 3. The first-order chi connectivity index (χ1) is 10.1. The Balaban J connectivity index is 1.53. The average Bonchev–Trinajstić information content (AvgIpc) is 3.23. The molecule has 0 unspecified atom stereocenters. The average molecular weight is 286 g/mol. The summed E-state index contributed by atoms with van der Waals surface area (Å²) < 4.78 is 7.81. The van der Waals surface area contributed by atoms with Crippen molar-refractivity contribution in [3.63, 3.8) is 0 Å². The summed E-state index contributed by atoms with van der Waals surface area (Å²) in [4.78, 5) is 0. The number of hydrogen-bond acceptors (Lipinski definition) is 4. The van der Waals surface area contributed by atoms with Gasteiger partial charge in [0.1, 0.15) is 5.75 Å². The number of aryl methyl sites for hydroxylation is 3. The summed E-state index contributed by atoms with van der Waals surface area (Å²) >= 11 is 0. The molecule has 1 fully saturated rings. The van der Waals surface area contributed by atoms with Crippen LogP contribution in [0.5, 0.6) is 5.75 Å². The second-order valence-electron chi connectivity index (χ2n) is 5.83. The second kappa shape index (κ2) is 5.76. The van der Waals surface area contributed by atoms with Crippen molar-refractivity contribution >= 4 is 5.82 Å². The van der Waals surface area contributed by atoms with Gasteiger partial charge in [-0.2, -0.15) is 0 Å². The van der Waals surface area contributed by atoms with Crippen molar-refractivity contribution in [3.05, 3.63) is 35.0 Å². The van der Waals surface area contributed by atoms with Gasteiger partial charge < -0.3 is 10.5 Å². The number of anilines is 1. The van der Waals surface area contributed by atoms with Crippen molar-refractivity contribution in [3.8, 4) is 5.75 Å². The minimum Gasteiger partial charge on any atom is -0.493 e. The van der Waals surface area contributed by atoms with Gasteiger partial charge in [0.2, 0.25) is 0 Å². The number of ether oxygens (including phenoxy) is 1. The van der Waals surface area contributed by atoms with E-state index < -0.39 is 0 Å². The van der Waals surface area contributed by atoms with E-state index in [0.717, 1.165) is 24.4 Å². The third-order valence-electron chi connectivity index (χ3n) is 3.88. The van der Waals surface area contributed by atoms with Gasteiger partial charge >= 0.3 is 0 Å². The number of benzene rings is 1. The highest BCUT2D eigenvalue weighted by Crippen LogP contribution is 2.41. The Kier molecular flexibility index (Phi) is 3.82. The zero-order valence-corrected chi connectivity index (χ0v) is 12.7. The van der Waals surface area contributed by atoms with Crippen molar-refractivity contribution < 1.29 is 4.74 Å². The summed E-state index contributed by atoms with van der Waals surface area (Å²) in [5, 5.41) is 8.13. The molecule has 21 heavy (non-hydrogen) atoms.